The molecule has 0 aliphatic carbocycles. The van der Waals surface area contributed by atoms with Crippen molar-refractivity contribution in [1.29, 1.82) is 0 Å². The number of rotatable bonds is 6. The predicted molar refractivity (Wildman–Crippen MR) is 57.9 cm³/mol. The van der Waals surface area contributed by atoms with E-state index in [0.29, 0.717) is 0 Å². The van der Waals surface area contributed by atoms with Crippen molar-refractivity contribution in [3.8, 4) is 0 Å². The van der Waals surface area contributed by atoms with Gasteiger partial charge in [0.25, 0.3) is 0 Å². The van der Waals surface area contributed by atoms with Crippen molar-refractivity contribution in [2.75, 3.05) is 6.54 Å². The zero-order chi connectivity index (χ0) is 10.2. The van der Waals surface area contributed by atoms with Gasteiger partial charge in [0.1, 0.15) is 0 Å². The number of aromatic nitrogens is 2. The van der Waals surface area contributed by atoms with Crippen molar-refractivity contribution in [3.05, 3.63) is 36.4 Å². The smallest absolute Gasteiger partial charge is 0.0724 e. The van der Waals surface area contributed by atoms with Gasteiger partial charge in [-0.3, -0.25) is 9.97 Å². The molecule has 0 aliphatic heterocycles. The second-order valence-corrected chi connectivity index (χ2v) is 3.26. The molecular weight excluding hydrogens is 174 g/mol. The molecule has 3 nitrogen and oxygen atoms in total. The van der Waals surface area contributed by atoms with Gasteiger partial charge in [-0.1, -0.05) is 6.08 Å². The molecule has 1 aromatic heterocycles. The summed E-state index contributed by atoms with van der Waals surface area (Å²) >= 11 is 0. The zero-order valence-corrected chi connectivity index (χ0v) is 8.66. The average molecular weight is 191 g/mol. The first-order valence-electron chi connectivity index (χ1n) is 4.92. The molecule has 0 saturated heterocycles. The molecule has 0 unspecified atom stereocenters. The predicted octanol–water partition coefficient (Wildman–Crippen LogP) is 1.84. The molecule has 3 heteroatoms. The average Bonchev–Trinajstić information content (AvgIpc) is 2.21. The first kappa shape index (κ1) is 10.9. The van der Waals surface area contributed by atoms with Gasteiger partial charge in [-0.05, 0) is 26.3 Å². The summed E-state index contributed by atoms with van der Waals surface area (Å²) < 4.78 is 0. The van der Waals surface area contributed by atoms with E-state index < -0.39 is 0 Å². The maximum absolute atomic E-state index is 4.25. The maximum Gasteiger partial charge on any atom is 0.0724 e. The highest BCUT2D eigenvalue weighted by atomic mass is 14.9. The van der Waals surface area contributed by atoms with Gasteiger partial charge in [-0.2, -0.15) is 0 Å². The Labute approximate surface area is 85.3 Å². The molecule has 0 radical (unpaired) electrons. The normalized spacial score (nSPS) is 10.1. The molecule has 1 N–H and O–H groups in total. The lowest BCUT2D eigenvalue weighted by Gasteiger charge is -2.02. The lowest BCUT2D eigenvalue weighted by Crippen LogP contribution is -2.15. The molecule has 1 rings (SSSR count). The Bertz CT molecular complexity index is 266. The zero-order valence-electron chi connectivity index (χ0n) is 8.66. The van der Waals surface area contributed by atoms with Gasteiger partial charge in [0.2, 0.25) is 0 Å². The van der Waals surface area contributed by atoms with Crippen molar-refractivity contribution in [2.24, 2.45) is 0 Å². The van der Waals surface area contributed by atoms with Crippen molar-refractivity contribution in [2.45, 2.75) is 26.3 Å². The van der Waals surface area contributed by atoms with E-state index in [-0.39, 0.29) is 0 Å². The van der Waals surface area contributed by atoms with Crippen LogP contribution < -0.4 is 5.32 Å². The first-order chi connectivity index (χ1) is 6.83. The van der Waals surface area contributed by atoms with Crippen LogP contribution in [0.25, 0.3) is 0 Å². The van der Waals surface area contributed by atoms with Gasteiger partial charge in [-0.25, -0.2) is 0 Å². The molecule has 0 aromatic carbocycles. The topological polar surface area (TPSA) is 37.8 Å². The number of nitrogens with one attached hydrogen (secondary N) is 1. The van der Waals surface area contributed by atoms with Crippen LogP contribution in [-0.2, 0) is 6.54 Å². The molecule has 76 valence electrons. The van der Waals surface area contributed by atoms with Crippen LogP contribution in [0, 0.1) is 6.92 Å². The molecule has 0 saturated carbocycles. The van der Waals surface area contributed by atoms with Crippen LogP contribution in [0.5, 0.6) is 0 Å². The fraction of sp³-hybridized carbons (Fsp3) is 0.455. The quantitative estimate of drug-likeness (QED) is 0.550. The van der Waals surface area contributed by atoms with Crippen molar-refractivity contribution in [3.63, 3.8) is 0 Å². The monoisotopic (exact) mass is 191 g/mol. The minimum Gasteiger partial charge on any atom is -0.311 e. The Balaban J connectivity index is 2.18. The molecule has 14 heavy (non-hydrogen) atoms. The number of hydrogen-bond acceptors (Lipinski definition) is 3. The van der Waals surface area contributed by atoms with Crippen LogP contribution in [-0.4, -0.2) is 16.5 Å². The summed E-state index contributed by atoms with van der Waals surface area (Å²) in [5, 5.41) is 3.31. The third-order valence-corrected chi connectivity index (χ3v) is 1.90. The second-order valence-electron chi connectivity index (χ2n) is 3.26. The van der Waals surface area contributed by atoms with Crippen LogP contribution >= 0.6 is 0 Å². The van der Waals surface area contributed by atoms with E-state index in [1.807, 2.05) is 19.2 Å². The fourth-order valence-corrected chi connectivity index (χ4v) is 1.10. The van der Waals surface area contributed by atoms with E-state index in [2.05, 4.69) is 21.9 Å². The van der Waals surface area contributed by atoms with E-state index in [1.165, 1.54) is 0 Å². The molecule has 1 heterocycles. The summed E-state index contributed by atoms with van der Waals surface area (Å²) in [5.41, 5.74) is 1.95. The molecular formula is C11H17N3. The van der Waals surface area contributed by atoms with Crippen LogP contribution in [0.3, 0.4) is 0 Å². The number of nitrogens with zero attached hydrogens (tertiary/aromatic N) is 2. The number of unbranched alkanes of at least 4 members (excludes halogenated alkanes) is 1. The van der Waals surface area contributed by atoms with E-state index in [1.54, 1.807) is 6.20 Å². The van der Waals surface area contributed by atoms with E-state index in [0.717, 1.165) is 37.3 Å². The Morgan fingerprint density at radius 3 is 2.93 bits per heavy atom. The van der Waals surface area contributed by atoms with Gasteiger partial charge in [0.15, 0.2) is 0 Å². The minimum absolute atomic E-state index is 0.796. The summed E-state index contributed by atoms with van der Waals surface area (Å²) in [4.78, 5) is 8.43. The fourth-order valence-electron chi connectivity index (χ4n) is 1.10. The Morgan fingerprint density at radius 2 is 2.29 bits per heavy atom. The highest BCUT2D eigenvalue weighted by Crippen LogP contribution is 1.93. The molecule has 0 fully saturated rings. The van der Waals surface area contributed by atoms with Crippen molar-refractivity contribution in [1.82, 2.24) is 15.3 Å². The second kappa shape index (κ2) is 6.27. The Hall–Kier alpha value is -1.22. The minimum atomic E-state index is 0.796. The van der Waals surface area contributed by atoms with Gasteiger partial charge in [0, 0.05) is 18.9 Å². The van der Waals surface area contributed by atoms with Crippen molar-refractivity contribution < 1.29 is 0 Å². The van der Waals surface area contributed by atoms with Gasteiger partial charge < -0.3 is 5.32 Å². The summed E-state index contributed by atoms with van der Waals surface area (Å²) in [6.07, 6.45) is 7.74. The molecule has 0 spiro atoms. The third-order valence-electron chi connectivity index (χ3n) is 1.90. The van der Waals surface area contributed by atoms with E-state index >= 15 is 0 Å². The van der Waals surface area contributed by atoms with Crippen molar-refractivity contribution >= 4 is 0 Å². The van der Waals surface area contributed by atoms with Gasteiger partial charge in [0.05, 0.1) is 11.4 Å². The lowest BCUT2D eigenvalue weighted by molar-refractivity contribution is 0.643. The van der Waals surface area contributed by atoms with E-state index in [4.69, 9.17) is 0 Å². The number of aryl methyl sites for hydroxylation is 1. The van der Waals surface area contributed by atoms with Crippen LogP contribution in [0.1, 0.15) is 24.2 Å². The van der Waals surface area contributed by atoms with Crippen LogP contribution in [0.15, 0.2) is 25.0 Å². The lowest BCUT2D eigenvalue weighted by atomic mass is 10.3. The molecule has 0 bridgehead atoms. The van der Waals surface area contributed by atoms with Crippen LogP contribution in [0.2, 0.25) is 0 Å². The van der Waals surface area contributed by atoms with Crippen LogP contribution in [0.4, 0.5) is 0 Å². The SMILES string of the molecule is C=CCCCNCc1cnc(C)cn1. The largest absolute Gasteiger partial charge is 0.311 e. The number of allylic oxidation sites excluding steroid dienone is 1. The summed E-state index contributed by atoms with van der Waals surface area (Å²) in [7, 11) is 0. The highest BCUT2D eigenvalue weighted by molar-refractivity contribution is 4.99. The molecule has 0 aliphatic rings. The standard InChI is InChI=1S/C11H17N3/c1-3-4-5-6-12-8-11-9-13-10(2)7-14-11/h3,7,9,12H,1,4-6,8H2,2H3. The van der Waals surface area contributed by atoms with Gasteiger partial charge >= 0.3 is 0 Å². The molecule has 0 amide bonds. The Morgan fingerprint density at radius 1 is 1.43 bits per heavy atom. The third kappa shape index (κ3) is 4.14. The highest BCUT2D eigenvalue weighted by Gasteiger charge is 1.93. The summed E-state index contributed by atoms with van der Waals surface area (Å²) in [6.45, 7) is 7.41. The first-order valence-corrected chi connectivity index (χ1v) is 4.92. The summed E-state index contributed by atoms with van der Waals surface area (Å²) in [5.74, 6) is 0. The number of hydrogen-bond donors (Lipinski definition) is 1. The van der Waals surface area contributed by atoms with E-state index in [9.17, 15) is 0 Å². The maximum atomic E-state index is 4.25. The molecule has 0 atom stereocenters. The van der Waals surface area contributed by atoms with Gasteiger partial charge in [-0.15, -0.1) is 6.58 Å². The Kier molecular flexibility index (Phi) is 4.86. The molecule has 1 aromatic rings. The summed E-state index contributed by atoms with van der Waals surface area (Å²) in [6, 6.07) is 0.